The number of carbonyl (C=O) groups excluding carboxylic acids is 1. The third kappa shape index (κ3) is 4.51. The van der Waals surface area contributed by atoms with Gasteiger partial charge in [0.1, 0.15) is 19.0 Å². The molecule has 0 bridgehead atoms. The first-order valence-corrected chi connectivity index (χ1v) is 8.04. The Morgan fingerprint density at radius 3 is 2.50 bits per heavy atom. The Balaban J connectivity index is 1.98. The van der Waals surface area contributed by atoms with Gasteiger partial charge in [-0.05, 0) is 48.2 Å². The smallest absolute Gasteiger partial charge is 0.171 e. The van der Waals surface area contributed by atoms with E-state index in [1.807, 2.05) is 6.07 Å². The zero-order valence-corrected chi connectivity index (χ0v) is 14.7. The highest BCUT2D eigenvalue weighted by molar-refractivity contribution is 5.81. The number of carbonyl (C=O) groups is 1. The molecule has 0 saturated carbocycles. The number of aryl methyl sites for hydroxylation is 1. The molecule has 0 aliphatic carbocycles. The van der Waals surface area contributed by atoms with Gasteiger partial charge in [-0.15, -0.1) is 0 Å². The molecule has 0 fully saturated rings. The predicted molar refractivity (Wildman–Crippen MR) is 94.6 cm³/mol. The largest absolute Gasteiger partial charge is 0.493 e. The molecule has 2 rings (SSSR count). The van der Waals surface area contributed by atoms with Crippen LogP contribution in [0.1, 0.15) is 41.3 Å². The van der Waals surface area contributed by atoms with E-state index in [2.05, 4.69) is 32.9 Å². The maximum absolute atomic E-state index is 11.1. The van der Waals surface area contributed by atoms with E-state index in [0.717, 1.165) is 12.0 Å². The van der Waals surface area contributed by atoms with E-state index in [9.17, 15) is 4.79 Å². The summed E-state index contributed by atoms with van der Waals surface area (Å²) in [6, 6.07) is 11.4. The molecule has 0 aliphatic rings. The van der Waals surface area contributed by atoms with Crippen LogP contribution < -0.4 is 14.2 Å². The molecule has 0 radical (unpaired) electrons. The summed E-state index contributed by atoms with van der Waals surface area (Å²) in [6.45, 7) is 7.08. The summed E-state index contributed by atoms with van der Waals surface area (Å²) in [5.74, 6) is 2.27. The Morgan fingerprint density at radius 1 is 1.08 bits per heavy atom. The van der Waals surface area contributed by atoms with Gasteiger partial charge >= 0.3 is 0 Å². The van der Waals surface area contributed by atoms with Crippen LogP contribution in [0.15, 0.2) is 36.4 Å². The van der Waals surface area contributed by atoms with Gasteiger partial charge in [0.25, 0.3) is 0 Å². The van der Waals surface area contributed by atoms with Crippen molar-refractivity contribution < 1.29 is 19.0 Å². The highest BCUT2D eigenvalue weighted by atomic mass is 16.5. The highest BCUT2D eigenvalue weighted by Crippen LogP contribution is 2.30. The van der Waals surface area contributed by atoms with Crippen molar-refractivity contribution in [2.24, 2.45) is 0 Å². The van der Waals surface area contributed by atoms with Crippen molar-refractivity contribution in [1.29, 1.82) is 0 Å². The molecule has 2 aromatic carbocycles. The van der Waals surface area contributed by atoms with Gasteiger partial charge in [-0.3, -0.25) is 4.79 Å². The van der Waals surface area contributed by atoms with E-state index in [1.54, 1.807) is 25.3 Å². The van der Waals surface area contributed by atoms with E-state index in [4.69, 9.17) is 14.2 Å². The molecular formula is C20H24O4. The van der Waals surface area contributed by atoms with Crippen molar-refractivity contribution in [1.82, 2.24) is 0 Å². The Hall–Kier alpha value is -2.49. The topological polar surface area (TPSA) is 44.8 Å². The Kier molecular flexibility index (Phi) is 6.24. The lowest BCUT2D eigenvalue weighted by atomic mass is 10.0. The van der Waals surface area contributed by atoms with Gasteiger partial charge in [-0.2, -0.15) is 0 Å². The Bertz CT molecular complexity index is 692. The minimum absolute atomic E-state index is 0.326. The van der Waals surface area contributed by atoms with Crippen LogP contribution in [0.5, 0.6) is 17.2 Å². The van der Waals surface area contributed by atoms with Crippen LogP contribution >= 0.6 is 0 Å². The molecule has 24 heavy (non-hydrogen) atoms. The van der Waals surface area contributed by atoms with Crippen molar-refractivity contribution in [3.63, 3.8) is 0 Å². The minimum Gasteiger partial charge on any atom is -0.493 e. The molecular weight excluding hydrogens is 304 g/mol. The SMILES string of the molecule is COc1cccc(C=O)c1OCCOc1cc(C)cc(C(C)C)c1. The van der Waals surface area contributed by atoms with E-state index < -0.39 is 0 Å². The molecule has 0 amide bonds. The van der Waals surface area contributed by atoms with Crippen LogP contribution in [-0.2, 0) is 0 Å². The number of rotatable bonds is 8. The van der Waals surface area contributed by atoms with Crippen LogP contribution in [0.25, 0.3) is 0 Å². The van der Waals surface area contributed by atoms with E-state index in [-0.39, 0.29) is 0 Å². The average Bonchev–Trinajstić information content (AvgIpc) is 2.57. The second-order valence-electron chi connectivity index (χ2n) is 5.93. The quantitative estimate of drug-likeness (QED) is 0.532. The zero-order valence-electron chi connectivity index (χ0n) is 14.7. The first kappa shape index (κ1) is 17.9. The molecule has 0 atom stereocenters. The first-order chi connectivity index (χ1) is 11.5. The van der Waals surface area contributed by atoms with E-state index in [0.29, 0.717) is 36.2 Å². The fourth-order valence-electron chi connectivity index (χ4n) is 2.44. The molecule has 0 saturated heterocycles. The number of benzene rings is 2. The van der Waals surface area contributed by atoms with Gasteiger partial charge < -0.3 is 14.2 Å². The van der Waals surface area contributed by atoms with Gasteiger partial charge in [0, 0.05) is 0 Å². The summed E-state index contributed by atoms with van der Waals surface area (Å²) in [7, 11) is 1.55. The molecule has 0 unspecified atom stereocenters. The van der Waals surface area contributed by atoms with Crippen molar-refractivity contribution in [3.8, 4) is 17.2 Å². The molecule has 4 heteroatoms. The Morgan fingerprint density at radius 2 is 1.83 bits per heavy atom. The molecule has 128 valence electrons. The lowest BCUT2D eigenvalue weighted by Gasteiger charge is -2.14. The van der Waals surface area contributed by atoms with Crippen molar-refractivity contribution >= 4 is 6.29 Å². The number of methoxy groups -OCH3 is 1. The second kappa shape index (κ2) is 8.39. The number of ether oxygens (including phenoxy) is 3. The van der Waals surface area contributed by atoms with E-state index >= 15 is 0 Å². The standard InChI is InChI=1S/C20H24O4/c1-14(2)17-10-15(3)11-18(12-17)23-8-9-24-20-16(13-21)6-5-7-19(20)22-4/h5-7,10-14H,8-9H2,1-4H3. The predicted octanol–water partition coefficient (Wildman–Crippen LogP) is 4.40. The maximum Gasteiger partial charge on any atom is 0.171 e. The van der Waals surface area contributed by atoms with Crippen LogP contribution in [0.4, 0.5) is 0 Å². The lowest BCUT2D eigenvalue weighted by molar-refractivity contribution is 0.111. The molecule has 0 spiro atoms. The summed E-state index contributed by atoms with van der Waals surface area (Å²) in [4.78, 5) is 11.1. The molecule has 4 nitrogen and oxygen atoms in total. The number of hydrogen-bond acceptors (Lipinski definition) is 4. The van der Waals surface area contributed by atoms with Gasteiger partial charge in [-0.25, -0.2) is 0 Å². The van der Waals surface area contributed by atoms with Gasteiger partial charge in [0.05, 0.1) is 12.7 Å². The summed E-state index contributed by atoms with van der Waals surface area (Å²) in [6.07, 6.45) is 0.758. The lowest BCUT2D eigenvalue weighted by Crippen LogP contribution is -2.11. The molecule has 0 heterocycles. The maximum atomic E-state index is 11.1. The summed E-state index contributed by atoms with van der Waals surface area (Å²) >= 11 is 0. The van der Waals surface area contributed by atoms with Gasteiger partial charge in [0.15, 0.2) is 17.8 Å². The fourth-order valence-corrected chi connectivity index (χ4v) is 2.44. The highest BCUT2D eigenvalue weighted by Gasteiger charge is 2.10. The van der Waals surface area contributed by atoms with Crippen molar-refractivity contribution in [2.75, 3.05) is 20.3 Å². The molecule has 0 aliphatic heterocycles. The number of aldehydes is 1. The van der Waals surface area contributed by atoms with Gasteiger partial charge in [-0.1, -0.05) is 26.0 Å². The van der Waals surface area contributed by atoms with Crippen molar-refractivity contribution in [2.45, 2.75) is 26.7 Å². The van der Waals surface area contributed by atoms with Crippen LogP contribution in [-0.4, -0.2) is 26.6 Å². The minimum atomic E-state index is 0.326. The average molecular weight is 328 g/mol. The number of hydrogen-bond donors (Lipinski definition) is 0. The number of para-hydroxylation sites is 1. The molecule has 0 aromatic heterocycles. The summed E-state index contributed by atoms with van der Waals surface area (Å²) < 4.78 is 16.7. The molecule has 0 N–H and O–H groups in total. The first-order valence-electron chi connectivity index (χ1n) is 8.04. The summed E-state index contributed by atoms with van der Waals surface area (Å²) in [5.41, 5.74) is 2.89. The summed E-state index contributed by atoms with van der Waals surface area (Å²) in [5, 5.41) is 0. The van der Waals surface area contributed by atoms with Crippen LogP contribution in [0.2, 0.25) is 0 Å². The third-order valence-electron chi connectivity index (χ3n) is 3.69. The van der Waals surface area contributed by atoms with Crippen LogP contribution in [0.3, 0.4) is 0 Å². The monoisotopic (exact) mass is 328 g/mol. The normalized spacial score (nSPS) is 10.5. The molecule has 2 aromatic rings. The van der Waals surface area contributed by atoms with Gasteiger partial charge in [0.2, 0.25) is 0 Å². The zero-order chi connectivity index (χ0) is 17.5. The second-order valence-corrected chi connectivity index (χ2v) is 5.93. The Labute approximate surface area is 143 Å². The van der Waals surface area contributed by atoms with Crippen molar-refractivity contribution in [3.05, 3.63) is 53.1 Å². The van der Waals surface area contributed by atoms with E-state index in [1.165, 1.54) is 11.1 Å². The fraction of sp³-hybridized carbons (Fsp3) is 0.350. The van der Waals surface area contributed by atoms with Crippen LogP contribution in [0, 0.1) is 6.92 Å². The third-order valence-corrected chi connectivity index (χ3v) is 3.69.